The Balaban J connectivity index is 1.82. The fourth-order valence-corrected chi connectivity index (χ4v) is 2.89. The van der Waals surface area contributed by atoms with Crippen LogP contribution < -0.4 is 4.57 Å². The molecule has 0 unspecified atom stereocenters. The van der Waals surface area contributed by atoms with Crippen LogP contribution in [0.25, 0.3) is 0 Å². The van der Waals surface area contributed by atoms with Crippen LogP contribution in [0.4, 0.5) is 0 Å². The van der Waals surface area contributed by atoms with Crippen molar-refractivity contribution in [3.63, 3.8) is 0 Å². The Hall–Kier alpha value is -1.57. The Morgan fingerprint density at radius 2 is 1.76 bits per heavy atom. The van der Waals surface area contributed by atoms with Crippen molar-refractivity contribution in [2.24, 2.45) is 7.05 Å². The Labute approximate surface area is 129 Å². The molecule has 21 heavy (non-hydrogen) atoms. The lowest BCUT2D eigenvalue weighted by molar-refractivity contribution is -0.704. The second-order valence-corrected chi connectivity index (χ2v) is 5.92. The summed E-state index contributed by atoms with van der Waals surface area (Å²) in [5.74, 6) is 1.47. The zero-order valence-electron chi connectivity index (χ0n) is 13.6. The minimum atomic E-state index is 1.12. The van der Waals surface area contributed by atoms with Crippen molar-refractivity contribution in [1.82, 2.24) is 4.57 Å². The first-order valence-corrected chi connectivity index (χ1v) is 8.39. The van der Waals surface area contributed by atoms with Crippen LogP contribution in [0.2, 0.25) is 0 Å². The van der Waals surface area contributed by atoms with Gasteiger partial charge in [0.25, 0.3) is 5.82 Å². The normalized spacial score (nSPS) is 11.0. The Bertz CT molecular complexity index is 514. The molecule has 0 atom stereocenters. The fraction of sp³-hybridized carbons (Fsp3) is 0.526. The monoisotopic (exact) mass is 285 g/mol. The number of rotatable bonds is 9. The van der Waals surface area contributed by atoms with Crippen molar-refractivity contribution < 1.29 is 4.57 Å². The van der Waals surface area contributed by atoms with Gasteiger partial charge in [-0.15, -0.1) is 0 Å². The quantitative estimate of drug-likeness (QED) is 0.485. The third kappa shape index (κ3) is 5.04. The van der Waals surface area contributed by atoms with Crippen LogP contribution in [0.1, 0.15) is 50.4 Å². The smallest absolute Gasteiger partial charge is 0.237 e. The number of benzene rings is 1. The zero-order chi connectivity index (χ0) is 14.9. The lowest BCUT2D eigenvalue weighted by Crippen LogP contribution is -2.37. The molecule has 2 nitrogen and oxygen atoms in total. The summed E-state index contributed by atoms with van der Waals surface area (Å²) in [5.41, 5.74) is 1.44. The zero-order valence-corrected chi connectivity index (χ0v) is 13.6. The molecule has 0 saturated heterocycles. The molecule has 2 heteroatoms. The Kier molecular flexibility index (Phi) is 6.52. The second kappa shape index (κ2) is 8.66. The topological polar surface area (TPSA) is 8.81 Å². The number of hydrogen-bond donors (Lipinski definition) is 0. The molecule has 114 valence electrons. The largest absolute Gasteiger partial charge is 0.256 e. The summed E-state index contributed by atoms with van der Waals surface area (Å²) < 4.78 is 4.73. The lowest BCUT2D eigenvalue weighted by atomic mass is 10.1. The van der Waals surface area contributed by atoms with Gasteiger partial charge in [-0.25, -0.2) is 9.13 Å². The SMILES string of the molecule is CCCCCCc1n(C)cc[n+]1CCCc1ccccc1. The molecule has 0 aliphatic rings. The summed E-state index contributed by atoms with van der Waals surface area (Å²) in [4.78, 5) is 0. The van der Waals surface area contributed by atoms with Gasteiger partial charge in [-0.1, -0.05) is 56.5 Å². The van der Waals surface area contributed by atoms with Gasteiger partial charge in [-0.2, -0.15) is 0 Å². The van der Waals surface area contributed by atoms with Crippen LogP contribution in [0.3, 0.4) is 0 Å². The first-order chi connectivity index (χ1) is 10.3. The molecule has 1 heterocycles. The molecule has 2 aromatic rings. The van der Waals surface area contributed by atoms with E-state index in [9.17, 15) is 0 Å². The van der Waals surface area contributed by atoms with Gasteiger partial charge in [-0.05, 0) is 24.8 Å². The molecule has 1 aromatic carbocycles. The van der Waals surface area contributed by atoms with E-state index in [0.29, 0.717) is 0 Å². The van der Waals surface area contributed by atoms with Crippen LogP contribution in [-0.4, -0.2) is 4.57 Å². The summed E-state index contributed by atoms with van der Waals surface area (Å²) in [5, 5.41) is 0. The first kappa shape index (κ1) is 15.8. The van der Waals surface area contributed by atoms with E-state index in [2.05, 4.69) is 65.8 Å². The molecule has 0 aliphatic heterocycles. The van der Waals surface area contributed by atoms with Gasteiger partial charge in [0.2, 0.25) is 0 Å². The highest BCUT2D eigenvalue weighted by atomic mass is 15.1. The van der Waals surface area contributed by atoms with E-state index in [0.717, 1.165) is 13.0 Å². The van der Waals surface area contributed by atoms with Crippen molar-refractivity contribution in [2.75, 3.05) is 0 Å². The molecular weight excluding hydrogens is 256 g/mol. The molecule has 0 saturated carbocycles. The number of aromatic nitrogens is 2. The van der Waals surface area contributed by atoms with E-state index in [-0.39, 0.29) is 0 Å². The molecule has 0 radical (unpaired) electrons. The van der Waals surface area contributed by atoms with E-state index in [1.54, 1.807) is 0 Å². The third-order valence-electron chi connectivity index (χ3n) is 4.17. The number of imidazole rings is 1. The van der Waals surface area contributed by atoms with Crippen LogP contribution in [-0.2, 0) is 26.4 Å². The van der Waals surface area contributed by atoms with E-state index in [1.165, 1.54) is 49.9 Å². The van der Waals surface area contributed by atoms with Crippen molar-refractivity contribution in [2.45, 2.75) is 58.4 Å². The van der Waals surface area contributed by atoms with Crippen molar-refractivity contribution in [3.05, 3.63) is 54.1 Å². The molecule has 0 N–H and O–H groups in total. The van der Waals surface area contributed by atoms with Gasteiger partial charge in [-0.3, -0.25) is 0 Å². The molecule has 0 fully saturated rings. The predicted octanol–water partition coefficient (Wildman–Crippen LogP) is 4.07. The Morgan fingerprint density at radius 1 is 0.952 bits per heavy atom. The summed E-state index contributed by atoms with van der Waals surface area (Å²) in [6, 6.07) is 10.8. The molecule has 0 amide bonds. The van der Waals surface area contributed by atoms with Crippen molar-refractivity contribution >= 4 is 0 Å². The molecular formula is C19H29N2+. The number of hydrogen-bond acceptors (Lipinski definition) is 0. The summed E-state index contributed by atoms with van der Waals surface area (Å²) in [6.07, 6.45) is 13.3. The van der Waals surface area contributed by atoms with Gasteiger partial charge < -0.3 is 0 Å². The number of unbranched alkanes of at least 4 members (excludes halogenated alkanes) is 3. The maximum atomic E-state index is 2.44. The highest BCUT2D eigenvalue weighted by Gasteiger charge is 2.13. The van der Waals surface area contributed by atoms with E-state index >= 15 is 0 Å². The summed E-state index contributed by atoms with van der Waals surface area (Å²) >= 11 is 0. The first-order valence-electron chi connectivity index (χ1n) is 8.39. The van der Waals surface area contributed by atoms with Crippen LogP contribution in [0.15, 0.2) is 42.7 Å². The molecule has 0 spiro atoms. The van der Waals surface area contributed by atoms with E-state index in [1.807, 2.05) is 0 Å². The maximum absolute atomic E-state index is 2.44. The van der Waals surface area contributed by atoms with Crippen LogP contribution in [0, 0.1) is 0 Å². The molecule has 2 rings (SSSR count). The third-order valence-corrected chi connectivity index (χ3v) is 4.17. The number of nitrogens with zero attached hydrogens (tertiary/aromatic N) is 2. The van der Waals surface area contributed by atoms with Gasteiger partial charge in [0.1, 0.15) is 12.4 Å². The Morgan fingerprint density at radius 3 is 2.52 bits per heavy atom. The van der Waals surface area contributed by atoms with Gasteiger partial charge in [0.05, 0.1) is 13.6 Å². The minimum Gasteiger partial charge on any atom is -0.237 e. The fourth-order valence-electron chi connectivity index (χ4n) is 2.89. The second-order valence-electron chi connectivity index (χ2n) is 5.92. The summed E-state index contributed by atoms with van der Waals surface area (Å²) in [6.45, 7) is 3.39. The van der Waals surface area contributed by atoms with Crippen molar-refractivity contribution in [1.29, 1.82) is 0 Å². The van der Waals surface area contributed by atoms with Gasteiger partial charge >= 0.3 is 0 Å². The van der Waals surface area contributed by atoms with Gasteiger partial charge in [0.15, 0.2) is 0 Å². The highest BCUT2D eigenvalue weighted by Crippen LogP contribution is 2.06. The molecule has 0 aliphatic carbocycles. The predicted molar refractivity (Wildman–Crippen MR) is 88.2 cm³/mol. The molecule has 0 bridgehead atoms. The number of aryl methyl sites for hydroxylation is 3. The highest BCUT2D eigenvalue weighted by molar-refractivity contribution is 5.14. The summed E-state index contributed by atoms with van der Waals surface area (Å²) in [7, 11) is 2.17. The maximum Gasteiger partial charge on any atom is 0.256 e. The minimum absolute atomic E-state index is 1.12. The lowest BCUT2D eigenvalue weighted by Gasteiger charge is -2.04. The van der Waals surface area contributed by atoms with Crippen LogP contribution >= 0.6 is 0 Å². The standard InChI is InChI=1S/C19H29N2/c1-3-4-5-9-14-19-20(2)16-17-21(19)15-10-13-18-11-7-6-8-12-18/h6-8,11-12,16-17H,3-5,9-10,13-15H2,1-2H3/q+1. The van der Waals surface area contributed by atoms with E-state index in [4.69, 9.17) is 0 Å². The van der Waals surface area contributed by atoms with Crippen molar-refractivity contribution in [3.8, 4) is 0 Å². The van der Waals surface area contributed by atoms with Gasteiger partial charge in [0, 0.05) is 6.42 Å². The molecule has 1 aromatic heterocycles. The van der Waals surface area contributed by atoms with E-state index < -0.39 is 0 Å². The average Bonchev–Trinajstić information content (AvgIpc) is 2.86. The van der Waals surface area contributed by atoms with Crippen LogP contribution in [0.5, 0.6) is 0 Å². The average molecular weight is 285 g/mol.